The third-order valence-corrected chi connectivity index (χ3v) is 3.08. The van der Waals surface area contributed by atoms with Crippen molar-refractivity contribution in [3.8, 4) is 0 Å². The van der Waals surface area contributed by atoms with Gasteiger partial charge >= 0.3 is 0 Å². The molecule has 3 aromatic rings. The van der Waals surface area contributed by atoms with Crippen molar-refractivity contribution in [3.05, 3.63) is 47.9 Å². The Hall–Kier alpha value is -2.63. The summed E-state index contributed by atoms with van der Waals surface area (Å²) in [5.74, 6) is 0.561. The van der Waals surface area contributed by atoms with E-state index >= 15 is 0 Å². The van der Waals surface area contributed by atoms with E-state index in [-0.39, 0.29) is 5.91 Å². The van der Waals surface area contributed by atoms with Crippen LogP contribution in [-0.4, -0.2) is 20.9 Å². The number of carbonyl (C=O) groups is 1. The van der Waals surface area contributed by atoms with Crippen LogP contribution in [0.4, 0.5) is 0 Å². The van der Waals surface area contributed by atoms with Gasteiger partial charge in [-0.3, -0.25) is 4.79 Å². The standard InChI is InChI=1S/C14H14N4O2/c1-2-18-13-6-5-10(8-12(13)16-17-18)14(19)15-9-11-4-3-7-20-11/h3-8H,2,9H2,1H3,(H,15,19). The summed E-state index contributed by atoms with van der Waals surface area (Å²) in [5.41, 5.74) is 2.21. The molecule has 2 heterocycles. The lowest BCUT2D eigenvalue weighted by Crippen LogP contribution is -2.22. The minimum absolute atomic E-state index is 0.158. The van der Waals surface area contributed by atoms with E-state index in [9.17, 15) is 4.79 Å². The summed E-state index contributed by atoms with van der Waals surface area (Å²) in [6.07, 6.45) is 1.58. The van der Waals surface area contributed by atoms with Gasteiger partial charge in [0.15, 0.2) is 0 Å². The second-order valence-electron chi connectivity index (χ2n) is 4.37. The molecule has 0 aliphatic heterocycles. The molecule has 2 aromatic heterocycles. The van der Waals surface area contributed by atoms with Crippen LogP contribution >= 0.6 is 0 Å². The first-order valence-corrected chi connectivity index (χ1v) is 6.41. The Bertz CT molecular complexity index is 731. The molecule has 6 nitrogen and oxygen atoms in total. The molecule has 0 spiro atoms. The van der Waals surface area contributed by atoms with Gasteiger partial charge in [0.2, 0.25) is 0 Å². The Morgan fingerprint density at radius 2 is 2.30 bits per heavy atom. The Morgan fingerprint density at radius 1 is 1.40 bits per heavy atom. The molecule has 1 N–H and O–H groups in total. The number of rotatable bonds is 4. The molecular formula is C14H14N4O2. The smallest absolute Gasteiger partial charge is 0.251 e. The summed E-state index contributed by atoms with van der Waals surface area (Å²) in [6.45, 7) is 3.12. The summed E-state index contributed by atoms with van der Waals surface area (Å²) in [4.78, 5) is 12.1. The minimum Gasteiger partial charge on any atom is -0.467 e. The molecule has 0 radical (unpaired) electrons. The first-order chi connectivity index (χ1) is 9.78. The van der Waals surface area contributed by atoms with Crippen LogP contribution in [0.25, 0.3) is 11.0 Å². The molecule has 6 heteroatoms. The number of carbonyl (C=O) groups excluding carboxylic acids is 1. The third kappa shape index (κ3) is 2.27. The van der Waals surface area contributed by atoms with Crippen LogP contribution in [-0.2, 0) is 13.1 Å². The molecule has 3 rings (SSSR count). The first-order valence-electron chi connectivity index (χ1n) is 6.41. The lowest BCUT2D eigenvalue weighted by Gasteiger charge is -2.03. The van der Waals surface area contributed by atoms with Crippen LogP contribution in [0.3, 0.4) is 0 Å². The van der Waals surface area contributed by atoms with Gasteiger partial charge in [0.05, 0.1) is 18.3 Å². The van der Waals surface area contributed by atoms with Gasteiger partial charge < -0.3 is 9.73 Å². The number of nitrogens with zero attached hydrogens (tertiary/aromatic N) is 3. The van der Waals surface area contributed by atoms with Crippen LogP contribution in [0.1, 0.15) is 23.0 Å². The van der Waals surface area contributed by atoms with E-state index in [4.69, 9.17) is 4.42 Å². The Balaban J connectivity index is 1.77. The molecule has 1 amide bonds. The third-order valence-electron chi connectivity index (χ3n) is 3.08. The van der Waals surface area contributed by atoms with Crippen LogP contribution in [0.15, 0.2) is 41.0 Å². The molecule has 0 fully saturated rings. The molecule has 0 atom stereocenters. The van der Waals surface area contributed by atoms with E-state index in [1.54, 1.807) is 29.1 Å². The fraction of sp³-hybridized carbons (Fsp3) is 0.214. The number of aromatic nitrogens is 3. The zero-order valence-corrected chi connectivity index (χ0v) is 11.0. The highest BCUT2D eigenvalue weighted by molar-refractivity contribution is 5.97. The quantitative estimate of drug-likeness (QED) is 0.786. The topological polar surface area (TPSA) is 73.0 Å². The maximum Gasteiger partial charge on any atom is 0.251 e. The fourth-order valence-corrected chi connectivity index (χ4v) is 2.03. The van der Waals surface area contributed by atoms with Gasteiger partial charge in [-0.25, -0.2) is 4.68 Å². The van der Waals surface area contributed by atoms with Crippen LogP contribution in [0, 0.1) is 0 Å². The normalized spacial score (nSPS) is 10.8. The van der Waals surface area contributed by atoms with Gasteiger partial charge in [0, 0.05) is 12.1 Å². The number of amides is 1. The van der Waals surface area contributed by atoms with Crippen molar-refractivity contribution >= 4 is 16.9 Å². The first kappa shape index (κ1) is 12.4. The average Bonchev–Trinajstić information content (AvgIpc) is 3.13. The van der Waals surface area contributed by atoms with E-state index in [0.717, 1.165) is 23.3 Å². The molecule has 0 saturated heterocycles. The van der Waals surface area contributed by atoms with Crippen molar-refractivity contribution in [3.63, 3.8) is 0 Å². The van der Waals surface area contributed by atoms with Gasteiger partial charge in [-0.15, -0.1) is 5.10 Å². The molecule has 102 valence electrons. The van der Waals surface area contributed by atoms with Crippen molar-refractivity contribution in [1.29, 1.82) is 0 Å². The molecule has 1 aromatic carbocycles. The molecule has 0 saturated carbocycles. The summed E-state index contributed by atoms with van der Waals surface area (Å²) in [7, 11) is 0. The number of benzene rings is 1. The van der Waals surface area contributed by atoms with Crippen molar-refractivity contribution < 1.29 is 9.21 Å². The minimum atomic E-state index is -0.158. The summed E-state index contributed by atoms with van der Waals surface area (Å²) in [5, 5.41) is 10.9. The number of hydrogen-bond donors (Lipinski definition) is 1. The summed E-state index contributed by atoms with van der Waals surface area (Å²) in [6, 6.07) is 8.98. The van der Waals surface area contributed by atoms with E-state index in [2.05, 4.69) is 15.6 Å². The largest absolute Gasteiger partial charge is 0.467 e. The molecule has 0 unspecified atom stereocenters. The van der Waals surface area contributed by atoms with Crippen molar-refractivity contribution in [1.82, 2.24) is 20.3 Å². The van der Waals surface area contributed by atoms with Gasteiger partial charge in [-0.1, -0.05) is 5.21 Å². The maximum atomic E-state index is 12.1. The number of fused-ring (bicyclic) bond motifs is 1. The van der Waals surface area contributed by atoms with Crippen LogP contribution in [0.2, 0.25) is 0 Å². The second kappa shape index (κ2) is 5.16. The number of hydrogen-bond acceptors (Lipinski definition) is 4. The monoisotopic (exact) mass is 270 g/mol. The van der Waals surface area contributed by atoms with E-state index in [1.165, 1.54) is 0 Å². The van der Waals surface area contributed by atoms with Crippen molar-refractivity contribution in [2.75, 3.05) is 0 Å². The predicted octanol–water partition coefficient (Wildman–Crippen LogP) is 1.97. The molecular weight excluding hydrogens is 256 g/mol. The van der Waals surface area contributed by atoms with E-state index in [1.807, 2.05) is 19.1 Å². The Kier molecular flexibility index (Phi) is 3.20. The number of nitrogens with one attached hydrogen (secondary N) is 1. The highest BCUT2D eigenvalue weighted by atomic mass is 16.3. The van der Waals surface area contributed by atoms with Gasteiger partial charge in [-0.05, 0) is 37.3 Å². The maximum absolute atomic E-state index is 12.1. The molecule has 0 aliphatic rings. The second-order valence-corrected chi connectivity index (χ2v) is 4.37. The highest BCUT2D eigenvalue weighted by Crippen LogP contribution is 2.13. The molecule has 0 bridgehead atoms. The zero-order chi connectivity index (χ0) is 13.9. The zero-order valence-electron chi connectivity index (χ0n) is 11.0. The lowest BCUT2D eigenvalue weighted by atomic mass is 10.2. The van der Waals surface area contributed by atoms with Crippen LogP contribution < -0.4 is 5.32 Å². The summed E-state index contributed by atoms with van der Waals surface area (Å²) < 4.78 is 6.96. The van der Waals surface area contributed by atoms with Gasteiger partial charge in [-0.2, -0.15) is 0 Å². The predicted molar refractivity (Wildman–Crippen MR) is 73.1 cm³/mol. The van der Waals surface area contributed by atoms with E-state index < -0.39 is 0 Å². The molecule has 0 aliphatic carbocycles. The lowest BCUT2D eigenvalue weighted by molar-refractivity contribution is 0.0948. The van der Waals surface area contributed by atoms with Crippen molar-refractivity contribution in [2.45, 2.75) is 20.0 Å². The molecule has 20 heavy (non-hydrogen) atoms. The highest BCUT2D eigenvalue weighted by Gasteiger charge is 2.10. The average molecular weight is 270 g/mol. The fourth-order valence-electron chi connectivity index (χ4n) is 2.03. The van der Waals surface area contributed by atoms with Gasteiger partial charge in [0.1, 0.15) is 11.3 Å². The van der Waals surface area contributed by atoms with Crippen LogP contribution in [0.5, 0.6) is 0 Å². The Morgan fingerprint density at radius 3 is 3.05 bits per heavy atom. The summed E-state index contributed by atoms with van der Waals surface area (Å²) >= 11 is 0. The van der Waals surface area contributed by atoms with Crippen molar-refractivity contribution in [2.24, 2.45) is 0 Å². The SMILES string of the molecule is CCn1nnc2cc(C(=O)NCc3ccco3)ccc21. The van der Waals surface area contributed by atoms with E-state index in [0.29, 0.717) is 12.1 Å². The Labute approximate surface area is 115 Å². The number of aryl methyl sites for hydroxylation is 1. The van der Waals surface area contributed by atoms with Gasteiger partial charge in [0.25, 0.3) is 5.91 Å². The number of furan rings is 1.